The minimum Gasteiger partial charge on any atom is -0.391 e. The second-order valence-corrected chi connectivity index (χ2v) is 11.4. The van der Waals surface area contributed by atoms with Crippen LogP contribution in [-0.2, 0) is 9.59 Å². The second kappa shape index (κ2) is 9.98. The molecule has 0 radical (unpaired) electrons. The van der Waals surface area contributed by atoms with Crippen molar-refractivity contribution in [3.05, 3.63) is 35.9 Å². The number of hydrogen-bond acceptors (Lipinski definition) is 4. The monoisotopic (exact) mass is 467 g/mol. The maximum atomic E-state index is 14.1. The Morgan fingerprint density at radius 2 is 1.82 bits per heavy atom. The van der Waals surface area contributed by atoms with Crippen LogP contribution in [0.5, 0.6) is 0 Å². The highest BCUT2D eigenvalue weighted by atomic mass is 16.3. The van der Waals surface area contributed by atoms with Crippen molar-refractivity contribution in [2.45, 2.75) is 82.4 Å². The van der Waals surface area contributed by atoms with Gasteiger partial charge in [0.05, 0.1) is 24.1 Å². The normalized spacial score (nSPS) is 31.1. The predicted molar refractivity (Wildman–Crippen MR) is 132 cm³/mol. The van der Waals surface area contributed by atoms with Crippen molar-refractivity contribution >= 4 is 11.8 Å². The lowest BCUT2D eigenvalue weighted by Crippen LogP contribution is -2.61. The quantitative estimate of drug-likeness (QED) is 0.694. The van der Waals surface area contributed by atoms with E-state index in [2.05, 4.69) is 4.90 Å². The molecule has 2 saturated carbocycles. The van der Waals surface area contributed by atoms with Gasteiger partial charge in [-0.3, -0.25) is 14.5 Å². The van der Waals surface area contributed by atoms with Crippen molar-refractivity contribution < 1.29 is 14.7 Å². The average Bonchev–Trinajstić information content (AvgIpc) is 3.67. The lowest BCUT2D eigenvalue weighted by Gasteiger charge is -2.52. The molecular weight excluding hydrogens is 426 g/mol. The number of carbonyl (C=O) groups is 2. The Morgan fingerprint density at radius 1 is 1.09 bits per heavy atom. The second-order valence-electron chi connectivity index (χ2n) is 11.4. The van der Waals surface area contributed by atoms with Gasteiger partial charge in [0.1, 0.15) is 0 Å². The maximum absolute atomic E-state index is 14.1. The van der Waals surface area contributed by atoms with E-state index in [0.29, 0.717) is 31.5 Å². The molecule has 6 nitrogen and oxygen atoms in total. The van der Waals surface area contributed by atoms with Gasteiger partial charge in [-0.25, -0.2) is 0 Å². The van der Waals surface area contributed by atoms with Crippen LogP contribution in [0.15, 0.2) is 30.3 Å². The first-order chi connectivity index (χ1) is 16.5. The number of benzene rings is 1. The molecule has 0 bridgehead atoms. The molecule has 5 rings (SSSR count). The van der Waals surface area contributed by atoms with Crippen LogP contribution >= 0.6 is 0 Å². The number of hydrogen-bond donors (Lipinski definition) is 1. The van der Waals surface area contributed by atoms with Gasteiger partial charge in [-0.05, 0) is 63.0 Å². The van der Waals surface area contributed by atoms with E-state index in [0.717, 1.165) is 44.3 Å². The molecule has 2 saturated heterocycles. The molecule has 2 amide bonds. The minimum absolute atomic E-state index is 0.171. The molecule has 1 aromatic carbocycles. The van der Waals surface area contributed by atoms with Crippen molar-refractivity contribution in [3.63, 3.8) is 0 Å². The molecule has 186 valence electrons. The van der Waals surface area contributed by atoms with Crippen LogP contribution < -0.4 is 0 Å². The van der Waals surface area contributed by atoms with Gasteiger partial charge in [-0.15, -0.1) is 0 Å². The average molecular weight is 468 g/mol. The van der Waals surface area contributed by atoms with Crippen molar-refractivity contribution in [2.75, 3.05) is 33.2 Å². The Morgan fingerprint density at radius 3 is 2.53 bits per heavy atom. The van der Waals surface area contributed by atoms with Gasteiger partial charge in [0.2, 0.25) is 11.8 Å². The highest BCUT2D eigenvalue weighted by molar-refractivity contribution is 5.85. The number of aliphatic hydroxyl groups is 1. The van der Waals surface area contributed by atoms with E-state index in [1.807, 2.05) is 47.2 Å². The summed E-state index contributed by atoms with van der Waals surface area (Å²) in [6.45, 7) is 2.54. The van der Waals surface area contributed by atoms with Crippen LogP contribution in [0.25, 0.3) is 0 Å². The van der Waals surface area contributed by atoms with E-state index in [-0.39, 0.29) is 17.9 Å². The fraction of sp³-hybridized carbons (Fsp3) is 0.714. The van der Waals surface area contributed by atoms with Gasteiger partial charge in [0.15, 0.2) is 0 Å². The first kappa shape index (κ1) is 23.8. The summed E-state index contributed by atoms with van der Waals surface area (Å²) in [6.07, 6.45) is 9.84. The summed E-state index contributed by atoms with van der Waals surface area (Å²) in [7, 11) is 1.95. The van der Waals surface area contributed by atoms with Crippen LogP contribution in [0.1, 0.15) is 75.8 Å². The van der Waals surface area contributed by atoms with Crippen molar-refractivity contribution in [3.8, 4) is 0 Å². The zero-order valence-electron chi connectivity index (χ0n) is 20.7. The van der Waals surface area contributed by atoms with Crippen LogP contribution in [0.4, 0.5) is 0 Å². The molecule has 6 heteroatoms. The highest BCUT2D eigenvalue weighted by Gasteiger charge is 2.53. The summed E-state index contributed by atoms with van der Waals surface area (Å²) in [5.41, 5.74) is 0.442. The third kappa shape index (κ3) is 4.90. The lowest BCUT2D eigenvalue weighted by atomic mass is 9.69. The van der Waals surface area contributed by atoms with Gasteiger partial charge < -0.3 is 14.9 Å². The maximum Gasteiger partial charge on any atom is 0.236 e. The summed E-state index contributed by atoms with van der Waals surface area (Å²) in [4.78, 5) is 33.4. The Kier molecular flexibility index (Phi) is 6.99. The van der Waals surface area contributed by atoms with Gasteiger partial charge in [-0.2, -0.15) is 0 Å². The predicted octanol–water partition coefficient (Wildman–Crippen LogP) is 3.60. The molecule has 1 aromatic rings. The molecule has 2 aliphatic carbocycles. The zero-order chi connectivity index (χ0) is 23.7. The van der Waals surface area contributed by atoms with E-state index in [1.54, 1.807) is 0 Å². The number of nitrogens with zero attached hydrogens (tertiary/aromatic N) is 3. The molecule has 1 spiro atoms. The fourth-order valence-electron chi connectivity index (χ4n) is 6.74. The first-order valence-electron chi connectivity index (χ1n) is 13.5. The largest absolute Gasteiger partial charge is 0.391 e. The number of likely N-dealkylation sites (N-methyl/N-ethyl adjacent to an activating group) is 1. The van der Waals surface area contributed by atoms with E-state index in [1.165, 1.54) is 32.1 Å². The smallest absolute Gasteiger partial charge is 0.236 e. The summed E-state index contributed by atoms with van der Waals surface area (Å²) < 4.78 is 0. The summed E-state index contributed by atoms with van der Waals surface area (Å²) in [5.74, 6) is 0.920. The van der Waals surface area contributed by atoms with Gasteiger partial charge in [0.25, 0.3) is 0 Å². The van der Waals surface area contributed by atoms with Gasteiger partial charge in [0, 0.05) is 26.2 Å². The molecule has 34 heavy (non-hydrogen) atoms. The van der Waals surface area contributed by atoms with Crippen molar-refractivity contribution in [1.82, 2.24) is 14.7 Å². The third-order valence-electron chi connectivity index (χ3n) is 8.84. The van der Waals surface area contributed by atoms with Crippen LogP contribution in [-0.4, -0.2) is 77.0 Å². The topological polar surface area (TPSA) is 64.1 Å². The van der Waals surface area contributed by atoms with Gasteiger partial charge >= 0.3 is 0 Å². The van der Waals surface area contributed by atoms with Crippen LogP contribution in [0.2, 0.25) is 0 Å². The summed E-state index contributed by atoms with van der Waals surface area (Å²) >= 11 is 0. The molecule has 3 atom stereocenters. The molecule has 4 fully saturated rings. The molecule has 0 aromatic heterocycles. The fourth-order valence-corrected chi connectivity index (χ4v) is 6.74. The number of amides is 2. The number of carbonyl (C=O) groups excluding carboxylic acids is 2. The number of rotatable bonds is 6. The van der Waals surface area contributed by atoms with Crippen molar-refractivity contribution in [2.24, 2.45) is 11.3 Å². The molecule has 0 unspecified atom stereocenters. The third-order valence-corrected chi connectivity index (χ3v) is 8.84. The Labute approximate surface area is 204 Å². The lowest BCUT2D eigenvalue weighted by molar-refractivity contribution is -0.166. The minimum atomic E-state index is -0.584. The van der Waals surface area contributed by atoms with E-state index < -0.39 is 11.5 Å². The summed E-state index contributed by atoms with van der Waals surface area (Å²) in [6, 6.07) is 10.1. The van der Waals surface area contributed by atoms with Crippen LogP contribution in [0.3, 0.4) is 0 Å². The Balaban J connectivity index is 1.31. The Bertz CT molecular complexity index is 867. The number of aliphatic hydroxyl groups excluding tert-OH is 1. The van der Waals surface area contributed by atoms with E-state index in [4.69, 9.17) is 0 Å². The molecular formula is C28H41N3O3. The standard InChI is InChI=1S/C28H41N3O3/c1-29(23-11-6-3-7-12-23)25(33)19-30-16-8-15-28(20-30)17-24(32)26(22-9-4-2-5-10-22)31(27(28)34)18-21-13-14-21/h2,4-5,9-10,21,23-24,26,32H,3,6-8,11-20H2,1H3/t24-,26+,28-/m1/s1. The zero-order valence-corrected chi connectivity index (χ0v) is 20.7. The number of piperidine rings is 2. The molecule has 2 aliphatic heterocycles. The molecule has 4 aliphatic rings. The van der Waals surface area contributed by atoms with Crippen LogP contribution in [0, 0.1) is 11.3 Å². The molecule has 1 N–H and O–H groups in total. The number of likely N-dealkylation sites (tertiary alicyclic amines) is 2. The summed E-state index contributed by atoms with van der Waals surface area (Å²) in [5, 5.41) is 11.4. The van der Waals surface area contributed by atoms with E-state index in [9.17, 15) is 14.7 Å². The SMILES string of the molecule is CN(C(=O)CN1CCC[C@@]2(C[C@@H](O)[C@H](c3ccccc3)N(CC3CC3)C2=O)C1)C1CCCCC1. The van der Waals surface area contributed by atoms with Crippen molar-refractivity contribution in [1.29, 1.82) is 0 Å². The van der Waals surface area contributed by atoms with Gasteiger partial charge in [-0.1, -0.05) is 49.6 Å². The highest BCUT2D eigenvalue weighted by Crippen LogP contribution is 2.47. The Hall–Kier alpha value is -1.92. The molecule has 2 heterocycles. The van der Waals surface area contributed by atoms with E-state index >= 15 is 0 Å². The first-order valence-corrected chi connectivity index (χ1v) is 13.5.